The highest BCUT2D eigenvalue weighted by Crippen LogP contribution is 2.15. The molecule has 0 aliphatic carbocycles. The number of rotatable bonds is 7. The number of aromatic nitrogens is 1. The third-order valence-electron chi connectivity index (χ3n) is 4.11. The number of hydrogen-bond donors (Lipinski definition) is 2. The molecule has 0 saturated carbocycles. The van der Waals surface area contributed by atoms with Crippen LogP contribution in [-0.2, 0) is 11.4 Å². The number of hydrogen-bond acceptors (Lipinski definition) is 6. The summed E-state index contributed by atoms with van der Waals surface area (Å²) >= 11 is 0. The fourth-order valence-corrected chi connectivity index (χ4v) is 2.69. The number of carbonyl (C=O) groups excluding carboxylic acids is 2. The lowest BCUT2D eigenvalue weighted by Crippen LogP contribution is -2.32. The van der Waals surface area contributed by atoms with Crippen LogP contribution in [0.2, 0.25) is 0 Å². The molecule has 0 unspecified atom stereocenters. The smallest absolute Gasteiger partial charge is 0.295 e. The molecule has 1 heterocycles. The maximum absolute atomic E-state index is 12.6. The van der Waals surface area contributed by atoms with Crippen LogP contribution in [-0.4, -0.2) is 21.5 Å². The second kappa shape index (κ2) is 9.35. The fraction of sp³-hybridized carbons (Fsp3) is 0.0952. The Hall–Kier alpha value is -4.47. The van der Waals surface area contributed by atoms with Gasteiger partial charge < -0.3 is 15.5 Å². The van der Waals surface area contributed by atoms with Gasteiger partial charge in [0, 0.05) is 36.6 Å². The van der Waals surface area contributed by atoms with E-state index in [1.54, 1.807) is 30.3 Å². The molecule has 0 fully saturated rings. The van der Waals surface area contributed by atoms with E-state index in [2.05, 4.69) is 10.6 Å². The highest BCUT2D eigenvalue weighted by Gasteiger charge is 2.14. The van der Waals surface area contributed by atoms with Crippen molar-refractivity contribution in [2.75, 3.05) is 10.6 Å². The topological polar surface area (TPSA) is 133 Å². The van der Waals surface area contributed by atoms with Gasteiger partial charge in [-0.25, -0.2) is 0 Å². The molecule has 0 radical (unpaired) electrons. The van der Waals surface area contributed by atoms with Crippen LogP contribution in [0.5, 0.6) is 0 Å². The molecule has 0 aliphatic heterocycles. The van der Waals surface area contributed by atoms with E-state index in [4.69, 9.17) is 4.84 Å². The third kappa shape index (κ3) is 5.54. The van der Waals surface area contributed by atoms with Gasteiger partial charge in [-0.15, -0.1) is 0 Å². The number of non-ortho nitro benzene ring substituents is 1. The quantitative estimate of drug-likeness (QED) is 0.444. The molecule has 0 spiro atoms. The Bertz CT molecular complexity index is 1190. The van der Waals surface area contributed by atoms with Crippen molar-refractivity contribution in [2.45, 2.75) is 13.5 Å². The largest absolute Gasteiger partial charge is 0.406 e. The van der Waals surface area contributed by atoms with Crippen molar-refractivity contribution in [3.8, 4) is 0 Å². The normalized spacial score (nSPS) is 10.2. The standard InChI is InChI=1S/C21H18N4O6/c1-14(26)22-16-7-9-17(10-8-16)23-20(27)19-6-3-11-24(21(19)28)31-13-15-4-2-5-18(12-15)25(29)30/h2-12H,13H2,1H3,(H,22,26)(H,23,27). The molecule has 3 aromatic rings. The Balaban J connectivity index is 1.70. The summed E-state index contributed by atoms with van der Waals surface area (Å²) < 4.78 is 0.896. The minimum absolute atomic E-state index is 0.0916. The van der Waals surface area contributed by atoms with Gasteiger partial charge in [0.2, 0.25) is 5.91 Å². The van der Waals surface area contributed by atoms with Crippen molar-refractivity contribution in [2.24, 2.45) is 0 Å². The molecule has 2 amide bonds. The lowest BCUT2D eigenvalue weighted by Gasteiger charge is -2.10. The number of nitro groups is 1. The number of anilines is 2. The second-order valence-electron chi connectivity index (χ2n) is 6.47. The van der Waals surface area contributed by atoms with Crippen LogP contribution in [0, 0.1) is 10.1 Å². The van der Waals surface area contributed by atoms with Gasteiger partial charge in [0.15, 0.2) is 0 Å². The lowest BCUT2D eigenvalue weighted by atomic mass is 10.2. The van der Waals surface area contributed by atoms with Gasteiger partial charge in [-0.3, -0.25) is 24.5 Å². The minimum Gasteiger partial charge on any atom is -0.406 e. The number of carbonyl (C=O) groups is 2. The number of benzene rings is 2. The first-order valence-corrected chi connectivity index (χ1v) is 9.11. The van der Waals surface area contributed by atoms with E-state index in [0.717, 1.165) is 4.73 Å². The second-order valence-corrected chi connectivity index (χ2v) is 6.47. The summed E-state index contributed by atoms with van der Waals surface area (Å²) in [6.45, 7) is 1.29. The average molecular weight is 422 g/mol. The monoisotopic (exact) mass is 422 g/mol. The highest BCUT2D eigenvalue weighted by atomic mass is 16.7. The molecule has 31 heavy (non-hydrogen) atoms. The molecule has 0 atom stereocenters. The van der Waals surface area contributed by atoms with Crippen molar-refractivity contribution >= 4 is 28.9 Å². The maximum Gasteiger partial charge on any atom is 0.295 e. The summed E-state index contributed by atoms with van der Waals surface area (Å²) in [7, 11) is 0. The Morgan fingerprint density at radius 2 is 1.71 bits per heavy atom. The van der Waals surface area contributed by atoms with Crippen LogP contribution >= 0.6 is 0 Å². The first-order chi connectivity index (χ1) is 14.8. The van der Waals surface area contributed by atoms with Crippen LogP contribution in [0.1, 0.15) is 22.8 Å². The van der Waals surface area contributed by atoms with E-state index in [1.165, 1.54) is 43.5 Å². The third-order valence-corrected chi connectivity index (χ3v) is 4.11. The van der Waals surface area contributed by atoms with E-state index in [-0.39, 0.29) is 23.8 Å². The van der Waals surface area contributed by atoms with Crippen LogP contribution < -0.4 is 21.0 Å². The number of amides is 2. The van der Waals surface area contributed by atoms with Crippen molar-refractivity contribution in [3.63, 3.8) is 0 Å². The zero-order valence-electron chi connectivity index (χ0n) is 16.4. The van der Waals surface area contributed by atoms with Gasteiger partial charge in [-0.1, -0.05) is 12.1 Å². The zero-order chi connectivity index (χ0) is 22.4. The van der Waals surface area contributed by atoms with Crippen LogP contribution in [0.4, 0.5) is 17.1 Å². The van der Waals surface area contributed by atoms with E-state index >= 15 is 0 Å². The Morgan fingerprint density at radius 1 is 1.03 bits per heavy atom. The summed E-state index contributed by atoms with van der Waals surface area (Å²) in [4.78, 5) is 51.9. The van der Waals surface area contributed by atoms with Gasteiger partial charge in [0.1, 0.15) is 12.2 Å². The van der Waals surface area contributed by atoms with Gasteiger partial charge in [0.25, 0.3) is 17.2 Å². The number of nitrogens with zero attached hydrogens (tertiary/aromatic N) is 2. The van der Waals surface area contributed by atoms with Gasteiger partial charge >= 0.3 is 0 Å². The minimum atomic E-state index is -0.680. The Labute approximate surface area is 176 Å². The summed E-state index contributed by atoms with van der Waals surface area (Å²) in [6, 6.07) is 15.1. The molecular weight excluding hydrogens is 404 g/mol. The zero-order valence-corrected chi connectivity index (χ0v) is 16.4. The first kappa shape index (κ1) is 21.2. The number of pyridine rings is 1. The lowest BCUT2D eigenvalue weighted by molar-refractivity contribution is -0.384. The molecule has 10 nitrogen and oxygen atoms in total. The molecule has 0 aliphatic rings. The van der Waals surface area contributed by atoms with E-state index in [1.807, 2.05) is 0 Å². The molecule has 1 aromatic heterocycles. The van der Waals surface area contributed by atoms with Crippen LogP contribution in [0.25, 0.3) is 0 Å². The highest BCUT2D eigenvalue weighted by molar-refractivity contribution is 6.04. The van der Waals surface area contributed by atoms with Crippen LogP contribution in [0.3, 0.4) is 0 Å². The summed E-state index contributed by atoms with van der Waals surface area (Å²) in [5, 5.41) is 16.1. The van der Waals surface area contributed by atoms with Crippen molar-refractivity contribution in [1.82, 2.24) is 4.73 Å². The molecular formula is C21H18N4O6. The molecule has 0 saturated heterocycles. The first-order valence-electron chi connectivity index (χ1n) is 9.11. The Morgan fingerprint density at radius 3 is 2.35 bits per heavy atom. The van der Waals surface area contributed by atoms with Crippen molar-refractivity contribution in [3.05, 3.63) is 98.5 Å². The van der Waals surface area contributed by atoms with E-state index in [0.29, 0.717) is 16.9 Å². The van der Waals surface area contributed by atoms with Crippen molar-refractivity contribution in [1.29, 1.82) is 0 Å². The molecule has 10 heteroatoms. The average Bonchev–Trinajstić information content (AvgIpc) is 2.74. The van der Waals surface area contributed by atoms with Crippen LogP contribution in [0.15, 0.2) is 71.7 Å². The summed E-state index contributed by atoms with van der Waals surface area (Å²) in [6.07, 6.45) is 1.35. The molecule has 3 rings (SSSR count). The Kier molecular flexibility index (Phi) is 6.41. The van der Waals surface area contributed by atoms with Crippen molar-refractivity contribution < 1.29 is 19.3 Å². The predicted molar refractivity (Wildman–Crippen MR) is 113 cm³/mol. The van der Waals surface area contributed by atoms with Gasteiger partial charge in [-0.2, -0.15) is 4.73 Å². The summed E-state index contributed by atoms with van der Waals surface area (Å²) in [5.41, 5.74) is 0.586. The van der Waals surface area contributed by atoms with Gasteiger partial charge in [0.05, 0.1) is 4.92 Å². The SMILES string of the molecule is CC(=O)Nc1ccc(NC(=O)c2cccn(OCc3cccc([N+](=O)[O-])c3)c2=O)cc1. The van der Waals surface area contributed by atoms with E-state index in [9.17, 15) is 24.5 Å². The molecule has 2 N–H and O–H groups in total. The molecule has 2 aromatic carbocycles. The molecule has 158 valence electrons. The summed E-state index contributed by atoms with van der Waals surface area (Å²) in [5.74, 6) is -0.850. The van der Waals surface area contributed by atoms with Gasteiger partial charge in [-0.05, 0) is 42.0 Å². The van der Waals surface area contributed by atoms with E-state index < -0.39 is 16.4 Å². The molecule has 0 bridgehead atoms. The maximum atomic E-state index is 12.6. The predicted octanol–water partition coefficient (Wildman–Crippen LogP) is 2.60. The fourth-order valence-electron chi connectivity index (χ4n) is 2.69. The number of nitro benzene ring substituents is 1. The number of nitrogens with one attached hydrogen (secondary N) is 2.